The van der Waals surface area contributed by atoms with E-state index in [2.05, 4.69) is 72.0 Å². The number of nitrogens with zero attached hydrogens (tertiary/aromatic N) is 2. The summed E-state index contributed by atoms with van der Waals surface area (Å²) >= 11 is 3.52. The highest BCUT2D eigenvalue weighted by molar-refractivity contribution is 9.10. The maximum atomic E-state index is 6.16. The van der Waals surface area contributed by atoms with Crippen molar-refractivity contribution in [2.75, 3.05) is 34.2 Å². The van der Waals surface area contributed by atoms with Gasteiger partial charge in [0.1, 0.15) is 0 Å². The zero-order chi connectivity index (χ0) is 13.7. The van der Waals surface area contributed by atoms with Crippen molar-refractivity contribution in [3.05, 3.63) is 34.3 Å². The Morgan fingerprint density at radius 1 is 1.22 bits per heavy atom. The van der Waals surface area contributed by atoms with Crippen LogP contribution in [0.25, 0.3) is 0 Å². The van der Waals surface area contributed by atoms with Crippen LogP contribution in [-0.4, -0.2) is 50.1 Å². The summed E-state index contributed by atoms with van der Waals surface area (Å²) in [5, 5.41) is 0. The van der Waals surface area contributed by atoms with E-state index in [9.17, 15) is 0 Å². The quantitative estimate of drug-likeness (QED) is 0.875. The third-order valence-electron chi connectivity index (χ3n) is 3.06. The Labute approximate surface area is 119 Å². The SMILES string of the molecule is CC(N)C(c1cccc(Br)c1)N(C)CCN(C)C. The Bertz CT molecular complexity index is 366. The van der Waals surface area contributed by atoms with E-state index in [1.54, 1.807) is 0 Å². The predicted octanol–water partition coefficient (Wildman–Crippen LogP) is 2.33. The summed E-state index contributed by atoms with van der Waals surface area (Å²) in [6, 6.07) is 8.76. The zero-order valence-corrected chi connectivity index (χ0v) is 13.3. The molecule has 4 heteroatoms. The van der Waals surface area contributed by atoms with Gasteiger partial charge in [0, 0.05) is 29.6 Å². The Kier molecular flexibility index (Phi) is 6.29. The average Bonchev–Trinajstić information content (AvgIpc) is 2.26. The summed E-state index contributed by atoms with van der Waals surface area (Å²) in [5.41, 5.74) is 7.42. The molecule has 0 aliphatic rings. The molecule has 0 aromatic heterocycles. The van der Waals surface area contributed by atoms with Crippen LogP contribution in [0.4, 0.5) is 0 Å². The second-order valence-electron chi connectivity index (χ2n) is 5.14. The Hall–Kier alpha value is -0.420. The standard InChI is InChI=1S/C14H24BrN3/c1-11(16)14(18(4)9-8-17(2)3)12-6-5-7-13(15)10-12/h5-7,10-11,14H,8-9,16H2,1-4H3. The first-order chi connectivity index (χ1) is 8.41. The molecule has 0 heterocycles. The maximum Gasteiger partial charge on any atom is 0.0494 e. The molecule has 0 fully saturated rings. The third kappa shape index (κ3) is 4.69. The van der Waals surface area contributed by atoms with Gasteiger partial charge in [-0.3, -0.25) is 4.90 Å². The van der Waals surface area contributed by atoms with Gasteiger partial charge in [-0.25, -0.2) is 0 Å². The normalized spacial score (nSPS) is 15.1. The van der Waals surface area contributed by atoms with E-state index in [1.165, 1.54) is 5.56 Å². The third-order valence-corrected chi connectivity index (χ3v) is 3.56. The van der Waals surface area contributed by atoms with Crippen LogP contribution < -0.4 is 5.73 Å². The molecular formula is C14H24BrN3. The van der Waals surface area contributed by atoms with Gasteiger partial charge in [-0.15, -0.1) is 0 Å². The first kappa shape index (κ1) is 15.6. The van der Waals surface area contributed by atoms with Crippen LogP contribution in [0.15, 0.2) is 28.7 Å². The molecule has 2 atom stereocenters. The van der Waals surface area contributed by atoms with Crippen molar-refractivity contribution in [3.63, 3.8) is 0 Å². The van der Waals surface area contributed by atoms with Crippen LogP contribution in [-0.2, 0) is 0 Å². The number of hydrogen-bond donors (Lipinski definition) is 1. The minimum absolute atomic E-state index is 0.103. The Morgan fingerprint density at radius 3 is 2.39 bits per heavy atom. The molecule has 0 radical (unpaired) electrons. The van der Waals surface area contributed by atoms with Gasteiger partial charge in [-0.2, -0.15) is 0 Å². The molecule has 0 bridgehead atoms. The molecule has 0 aliphatic heterocycles. The summed E-state index contributed by atoms with van der Waals surface area (Å²) in [5.74, 6) is 0. The highest BCUT2D eigenvalue weighted by atomic mass is 79.9. The largest absolute Gasteiger partial charge is 0.326 e. The van der Waals surface area contributed by atoms with Crippen molar-refractivity contribution in [2.24, 2.45) is 5.73 Å². The first-order valence-corrected chi connectivity index (χ1v) is 7.07. The van der Waals surface area contributed by atoms with Crippen molar-refractivity contribution in [3.8, 4) is 0 Å². The van der Waals surface area contributed by atoms with Gasteiger partial charge >= 0.3 is 0 Å². The molecule has 0 saturated heterocycles. The lowest BCUT2D eigenvalue weighted by Crippen LogP contribution is -2.40. The zero-order valence-electron chi connectivity index (χ0n) is 11.7. The van der Waals surface area contributed by atoms with Gasteiger partial charge in [0.25, 0.3) is 0 Å². The lowest BCUT2D eigenvalue weighted by Gasteiger charge is -2.32. The molecular weight excluding hydrogens is 290 g/mol. The van der Waals surface area contributed by atoms with E-state index in [0.29, 0.717) is 0 Å². The van der Waals surface area contributed by atoms with E-state index in [1.807, 2.05) is 6.07 Å². The highest BCUT2D eigenvalue weighted by Crippen LogP contribution is 2.24. The van der Waals surface area contributed by atoms with Crippen molar-refractivity contribution in [1.82, 2.24) is 9.80 Å². The molecule has 102 valence electrons. The maximum absolute atomic E-state index is 6.16. The molecule has 0 spiro atoms. The Balaban J connectivity index is 2.82. The van der Waals surface area contributed by atoms with Crippen LogP contribution in [0.1, 0.15) is 18.5 Å². The van der Waals surface area contributed by atoms with Crippen molar-refractivity contribution < 1.29 is 0 Å². The molecule has 3 nitrogen and oxygen atoms in total. The molecule has 1 aromatic carbocycles. The second kappa shape index (κ2) is 7.24. The molecule has 18 heavy (non-hydrogen) atoms. The lowest BCUT2D eigenvalue weighted by atomic mass is 10.00. The lowest BCUT2D eigenvalue weighted by molar-refractivity contribution is 0.198. The van der Waals surface area contributed by atoms with Gasteiger partial charge in [0.2, 0.25) is 0 Å². The van der Waals surface area contributed by atoms with Gasteiger partial charge < -0.3 is 10.6 Å². The number of likely N-dealkylation sites (N-methyl/N-ethyl adjacent to an activating group) is 2. The van der Waals surface area contributed by atoms with Gasteiger partial charge in [0.15, 0.2) is 0 Å². The van der Waals surface area contributed by atoms with Gasteiger partial charge in [0.05, 0.1) is 0 Å². The topological polar surface area (TPSA) is 32.5 Å². The molecule has 0 amide bonds. The van der Waals surface area contributed by atoms with Gasteiger partial charge in [-0.05, 0) is 45.8 Å². The number of halogens is 1. The summed E-state index contributed by atoms with van der Waals surface area (Å²) in [7, 11) is 6.32. The van der Waals surface area contributed by atoms with Crippen LogP contribution in [0.3, 0.4) is 0 Å². The van der Waals surface area contributed by atoms with Crippen LogP contribution in [0, 0.1) is 0 Å². The second-order valence-corrected chi connectivity index (χ2v) is 6.06. The van der Waals surface area contributed by atoms with Crippen LogP contribution >= 0.6 is 15.9 Å². The number of hydrogen-bond acceptors (Lipinski definition) is 3. The number of rotatable bonds is 6. The van der Waals surface area contributed by atoms with E-state index >= 15 is 0 Å². The Morgan fingerprint density at radius 2 is 1.89 bits per heavy atom. The molecule has 2 unspecified atom stereocenters. The fourth-order valence-corrected chi connectivity index (χ4v) is 2.56. The van der Waals surface area contributed by atoms with E-state index in [0.717, 1.165) is 17.6 Å². The summed E-state index contributed by atoms with van der Waals surface area (Å²) in [4.78, 5) is 4.52. The fraction of sp³-hybridized carbons (Fsp3) is 0.571. The molecule has 2 N–H and O–H groups in total. The molecule has 1 aromatic rings. The van der Waals surface area contributed by atoms with Crippen molar-refractivity contribution in [1.29, 1.82) is 0 Å². The highest BCUT2D eigenvalue weighted by Gasteiger charge is 2.21. The minimum Gasteiger partial charge on any atom is -0.326 e. The van der Waals surface area contributed by atoms with E-state index < -0.39 is 0 Å². The average molecular weight is 314 g/mol. The van der Waals surface area contributed by atoms with Crippen LogP contribution in [0.2, 0.25) is 0 Å². The molecule has 1 rings (SSSR count). The van der Waals surface area contributed by atoms with Crippen LogP contribution in [0.5, 0.6) is 0 Å². The first-order valence-electron chi connectivity index (χ1n) is 6.28. The van der Waals surface area contributed by atoms with E-state index in [4.69, 9.17) is 5.73 Å². The molecule has 0 saturated carbocycles. The van der Waals surface area contributed by atoms with Crippen molar-refractivity contribution >= 4 is 15.9 Å². The smallest absolute Gasteiger partial charge is 0.0494 e. The summed E-state index contributed by atoms with van der Waals surface area (Å²) in [6.45, 7) is 4.11. The van der Waals surface area contributed by atoms with Crippen molar-refractivity contribution in [2.45, 2.75) is 19.0 Å². The number of nitrogens with two attached hydrogens (primary N) is 1. The predicted molar refractivity (Wildman–Crippen MR) is 81.7 cm³/mol. The van der Waals surface area contributed by atoms with Gasteiger partial charge in [-0.1, -0.05) is 28.1 Å². The number of benzene rings is 1. The fourth-order valence-electron chi connectivity index (χ4n) is 2.15. The van der Waals surface area contributed by atoms with E-state index in [-0.39, 0.29) is 12.1 Å². The summed E-state index contributed by atoms with van der Waals surface area (Å²) in [6.07, 6.45) is 0. The molecule has 0 aliphatic carbocycles. The monoisotopic (exact) mass is 313 g/mol. The minimum atomic E-state index is 0.103. The summed E-state index contributed by atoms with van der Waals surface area (Å²) < 4.78 is 1.10.